The van der Waals surface area contributed by atoms with Gasteiger partial charge >= 0.3 is 5.82 Å². The van der Waals surface area contributed by atoms with E-state index in [1.165, 1.54) is 17.9 Å². The van der Waals surface area contributed by atoms with Gasteiger partial charge in [-0.1, -0.05) is 12.1 Å². The zero-order chi connectivity index (χ0) is 20.6. The Morgan fingerprint density at radius 2 is 1.96 bits per heavy atom. The molecule has 9 nitrogen and oxygen atoms in total. The molecule has 3 rings (SSSR count). The number of nitrogens with zero attached hydrogens (tertiary/aromatic N) is 3. The van der Waals surface area contributed by atoms with Crippen LogP contribution in [0.15, 0.2) is 36.4 Å². The van der Waals surface area contributed by atoms with Crippen molar-refractivity contribution in [2.24, 2.45) is 0 Å². The van der Waals surface area contributed by atoms with E-state index in [-0.39, 0.29) is 11.7 Å². The van der Waals surface area contributed by atoms with Gasteiger partial charge in [0.05, 0.1) is 11.4 Å². The molecule has 2 amide bonds. The number of benzene rings is 1. The Labute approximate surface area is 161 Å². The van der Waals surface area contributed by atoms with Crippen LogP contribution in [0.2, 0.25) is 0 Å². The highest BCUT2D eigenvalue weighted by molar-refractivity contribution is 6.14. The van der Waals surface area contributed by atoms with Crippen LogP contribution < -0.4 is 15.0 Å². The Kier molecular flexibility index (Phi) is 4.76. The highest BCUT2D eigenvalue weighted by atomic mass is 16.6. The largest absolute Gasteiger partial charge is 0.473 e. The summed E-state index contributed by atoms with van der Waals surface area (Å²) in [5.41, 5.74) is 0.334. The van der Waals surface area contributed by atoms with Gasteiger partial charge in [0.25, 0.3) is 5.91 Å². The zero-order valence-electron chi connectivity index (χ0n) is 15.9. The third-order valence-corrected chi connectivity index (χ3v) is 4.53. The number of aromatic nitrogens is 1. The van der Waals surface area contributed by atoms with E-state index in [0.717, 1.165) is 0 Å². The summed E-state index contributed by atoms with van der Waals surface area (Å²) in [6.07, 6.45) is -1.08. The summed E-state index contributed by atoms with van der Waals surface area (Å²) in [4.78, 5) is 41.5. The molecule has 0 saturated carbocycles. The molecule has 1 aromatic carbocycles. The first kappa shape index (κ1) is 19.3. The second-order valence-electron chi connectivity index (χ2n) is 7.00. The molecule has 2 aromatic rings. The number of hydrogen-bond acceptors (Lipinski definition) is 6. The molecule has 0 spiro atoms. The van der Waals surface area contributed by atoms with Gasteiger partial charge in [-0.05, 0) is 54.9 Å². The predicted octanol–water partition coefficient (Wildman–Crippen LogP) is 2.83. The Balaban J connectivity index is 1.95. The van der Waals surface area contributed by atoms with Gasteiger partial charge in [0.1, 0.15) is 11.2 Å². The van der Waals surface area contributed by atoms with E-state index in [4.69, 9.17) is 4.74 Å². The lowest BCUT2D eigenvalue weighted by Gasteiger charge is -2.42. The van der Waals surface area contributed by atoms with Crippen molar-refractivity contribution in [2.45, 2.75) is 39.3 Å². The fraction of sp³-hybridized carbons (Fsp3) is 0.316. The second-order valence-corrected chi connectivity index (χ2v) is 7.00. The molecule has 0 bridgehead atoms. The van der Waals surface area contributed by atoms with Crippen LogP contribution in [0.5, 0.6) is 5.75 Å². The van der Waals surface area contributed by atoms with Crippen molar-refractivity contribution < 1.29 is 19.2 Å². The summed E-state index contributed by atoms with van der Waals surface area (Å²) < 4.78 is 5.59. The number of amides is 2. The first-order valence-corrected chi connectivity index (χ1v) is 8.66. The summed E-state index contributed by atoms with van der Waals surface area (Å²) in [7, 11) is 0. The molecular weight excluding hydrogens is 364 g/mol. The van der Waals surface area contributed by atoms with Crippen LogP contribution in [-0.2, 0) is 9.59 Å². The van der Waals surface area contributed by atoms with Crippen molar-refractivity contribution in [3.8, 4) is 5.75 Å². The molecule has 0 saturated heterocycles. The lowest BCUT2D eigenvalue weighted by atomic mass is 9.95. The summed E-state index contributed by atoms with van der Waals surface area (Å²) in [5.74, 6) is -1.41. The van der Waals surface area contributed by atoms with Gasteiger partial charge in [-0.3, -0.25) is 14.5 Å². The Bertz CT molecular complexity index is 973. The maximum absolute atomic E-state index is 13.2. The summed E-state index contributed by atoms with van der Waals surface area (Å²) in [6, 6.07) is 9.90. The van der Waals surface area contributed by atoms with Gasteiger partial charge in [0, 0.05) is 6.92 Å². The van der Waals surface area contributed by atoms with Crippen molar-refractivity contribution in [3.63, 3.8) is 0 Å². The van der Waals surface area contributed by atoms with E-state index in [0.29, 0.717) is 17.1 Å². The van der Waals surface area contributed by atoms with Crippen LogP contribution in [0.3, 0.4) is 0 Å². The summed E-state index contributed by atoms with van der Waals surface area (Å²) in [6.45, 7) is 6.35. The third-order valence-electron chi connectivity index (χ3n) is 4.53. The van der Waals surface area contributed by atoms with E-state index in [9.17, 15) is 19.7 Å². The van der Waals surface area contributed by atoms with E-state index in [2.05, 4.69) is 10.3 Å². The molecule has 28 heavy (non-hydrogen) atoms. The SMILES string of the molecule is Cc1ccc(OC(C)C(=O)N2c3ccccc3NC(=O)C2(C)C)c([N+](=O)[O-])n1. The van der Waals surface area contributed by atoms with Gasteiger partial charge in [0.2, 0.25) is 11.7 Å². The molecule has 1 aromatic heterocycles. The van der Waals surface area contributed by atoms with Crippen molar-refractivity contribution >= 4 is 29.0 Å². The highest BCUT2D eigenvalue weighted by Gasteiger charge is 2.45. The standard InChI is InChI=1S/C19H20N4O5/c1-11-9-10-15(16(20-11)23(26)27)28-12(2)17(24)22-14-8-6-5-7-13(14)21-18(25)19(22,3)4/h5-10,12H,1-4H3,(H,21,25). The number of ether oxygens (including phenoxy) is 1. The van der Waals surface area contributed by atoms with Crippen LogP contribution in [0.25, 0.3) is 0 Å². The van der Waals surface area contributed by atoms with Crippen molar-refractivity contribution in [1.82, 2.24) is 4.98 Å². The maximum Gasteiger partial charge on any atom is 0.406 e. The Hall–Kier alpha value is -3.49. The Morgan fingerprint density at radius 1 is 1.29 bits per heavy atom. The fourth-order valence-electron chi connectivity index (χ4n) is 3.02. The lowest BCUT2D eigenvalue weighted by molar-refractivity contribution is -0.390. The van der Waals surface area contributed by atoms with Crippen LogP contribution in [0.1, 0.15) is 26.5 Å². The average molecular weight is 384 g/mol. The average Bonchev–Trinajstić information content (AvgIpc) is 2.63. The molecule has 0 aliphatic carbocycles. The molecular formula is C19H20N4O5. The van der Waals surface area contributed by atoms with E-state index in [1.807, 2.05) is 0 Å². The quantitative estimate of drug-likeness (QED) is 0.640. The number of carbonyl (C=O) groups excluding carboxylic acids is 2. The van der Waals surface area contributed by atoms with E-state index < -0.39 is 28.3 Å². The van der Waals surface area contributed by atoms with Crippen molar-refractivity contribution in [2.75, 3.05) is 10.2 Å². The first-order valence-electron chi connectivity index (χ1n) is 8.66. The number of aryl methyl sites for hydroxylation is 1. The molecule has 1 aliphatic rings. The molecule has 146 valence electrons. The van der Waals surface area contributed by atoms with Crippen LogP contribution in [0, 0.1) is 17.0 Å². The topological polar surface area (TPSA) is 115 Å². The first-order chi connectivity index (χ1) is 13.1. The number of pyridine rings is 1. The smallest absolute Gasteiger partial charge is 0.406 e. The number of nitro groups is 1. The van der Waals surface area contributed by atoms with E-state index in [1.54, 1.807) is 51.1 Å². The van der Waals surface area contributed by atoms with Crippen LogP contribution >= 0.6 is 0 Å². The van der Waals surface area contributed by atoms with Crippen molar-refractivity contribution in [3.05, 3.63) is 52.2 Å². The fourth-order valence-corrected chi connectivity index (χ4v) is 3.02. The molecule has 9 heteroatoms. The van der Waals surface area contributed by atoms with Gasteiger partial charge < -0.3 is 20.2 Å². The Morgan fingerprint density at radius 3 is 2.64 bits per heavy atom. The third kappa shape index (κ3) is 3.26. The summed E-state index contributed by atoms with van der Waals surface area (Å²) >= 11 is 0. The minimum absolute atomic E-state index is 0.107. The van der Waals surface area contributed by atoms with Gasteiger partial charge in [-0.15, -0.1) is 0 Å². The number of nitrogens with one attached hydrogen (secondary N) is 1. The van der Waals surface area contributed by atoms with Gasteiger partial charge in [0.15, 0.2) is 6.10 Å². The van der Waals surface area contributed by atoms with Gasteiger partial charge in [-0.25, -0.2) is 0 Å². The number of fused-ring (bicyclic) bond motifs is 1. The number of para-hydroxylation sites is 2. The zero-order valence-corrected chi connectivity index (χ0v) is 15.9. The molecule has 1 aliphatic heterocycles. The molecule has 0 fully saturated rings. The van der Waals surface area contributed by atoms with Crippen LogP contribution in [-0.4, -0.2) is 33.4 Å². The van der Waals surface area contributed by atoms with Gasteiger partial charge in [-0.2, -0.15) is 0 Å². The minimum Gasteiger partial charge on any atom is -0.473 e. The number of anilines is 2. The second kappa shape index (κ2) is 6.91. The predicted molar refractivity (Wildman–Crippen MR) is 102 cm³/mol. The molecule has 1 N–H and O–H groups in total. The molecule has 1 unspecified atom stereocenters. The van der Waals surface area contributed by atoms with Crippen LogP contribution in [0.4, 0.5) is 17.2 Å². The van der Waals surface area contributed by atoms with E-state index >= 15 is 0 Å². The lowest BCUT2D eigenvalue weighted by Crippen LogP contribution is -2.60. The highest BCUT2D eigenvalue weighted by Crippen LogP contribution is 2.37. The molecule has 1 atom stereocenters. The summed E-state index contributed by atoms with van der Waals surface area (Å²) in [5, 5.41) is 14.0. The van der Waals surface area contributed by atoms with Crippen molar-refractivity contribution in [1.29, 1.82) is 0 Å². The number of carbonyl (C=O) groups is 2. The minimum atomic E-state index is -1.17. The molecule has 2 heterocycles. The number of rotatable bonds is 4. The monoisotopic (exact) mass is 384 g/mol. The number of hydrogen-bond donors (Lipinski definition) is 1. The molecule has 0 radical (unpaired) electrons. The normalized spacial score (nSPS) is 16.0. The maximum atomic E-state index is 13.2.